The molecule has 2 amide bonds. The summed E-state index contributed by atoms with van der Waals surface area (Å²) in [5.74, 6) is -0.262. The molecule has 0 atom stereocenters. The second-order valence-corrected chi connectivity index (χ2v) is 7.00. The zero-order valence-electron chi connectivity index (χ0n) is 13.6. The summed E-state index contributed by atoms with van der Waals surface area (Å²) in [6, 6.07) is 15.2. The van der Waals surface area contributed by atoms with Gasteiger partial charge in [-0.15, -0.1) is 0 Å². The van der Waals surface area contributed by atoms with Crippen LogP contribution in [-0.2, 0) is 11.3 Å². The van der Waals surface area contributed by atoms with Gasteiger partial charge >= 0.3 is 0 Å². The van der Waals surface area contributed by atoms with E-state index in [2.05, 4.69) is 0 Å². The van der Waals surface area contributed by atoms with Gasteiger partial charge in [-0.25, -0.2) is 0 Å². The highest BCUT2D eigenvalue weighted by molar-refractivity contribution is 8.18. The van der Waals surface area contributed by atoms with Crippen molar-refractivity contribution in [2.75, 3.05) is 0 Å². The van der Waals surface area contributed by atoms with Gasteiger partial charge in [0.05, 0.1) is 11.4 Å². The van der Waals surface area contributed by atoms with Gasteiger partial charge < -0.3 is 0 Å². The number of amides is 2. The molecule has 1 fully saturated rings. The summed E-state index contributed by atoms with van der Waals surface area (Å²) >= 11 is 7.05. The van der Waals surface area contributed by atoms with Crippen molar-refractivity contribution in [2.45, 2.75) is 13.5 Å². The molecule has 1 aliphatic rings. The Morgan fingerprint density at radius 2 is 1.80 bits per heavy atom. The normalized spacial score (nSPS) is 16.4. The van der Waals surface area contributed by atoms with Crippen LogP contribution in [0.2, 0.25) is 5.02 Å². The molecule has 0 bridgehead atoms. The van der Waals surface area contributed by atoms with E-state index in [-0.39, 0.29) is 11.1 Å². The van der Waals surface area contributed by atoms with Crippen LogP contribution in [-0.4, -0.2) is 16.0 Å². The van der Waals surface area contributed by atoms with E-state index in [9.17, 15) is 9.59 Å². The molecule has 1 saturated heterocycles. The molecule has 3 rings (SSSR count). The third-order valence-corrected chi connectivity index (χ3v) is 5.16. The van der Waals surface area contributed by atoms with Gasteiger partial charge in [0.25, 0.3) is 11.1 Å². The molecular weight excluding hydrogens is 354 g/mol. The highest BCUT2D eigenvalue weighted by atomic mass is 35.5. The highest BCUT2D eigenvalue weighted by Gasteiger charge is 2.34. The maximum absolute atomic E-state index is 12.5. The number of allylic oxidation sites excluding steroid dienone is 2. The third-order valence-electron chi connectivity index (χ3n) is 3.89. The summed E-state index contributed by atoms with van der Waals surface area (Å²) in [5.41, 5.74) is 2.89. The lowest BCUT2D eigenvalue weighted by molar-refractivity contribution is -0.123. The summed E-state index contributed by atoms with van der Waals surface area (Å²) in [5, 5.41) is 0.394. The summed E-state index contributed by atoms with van der Waals surface area (Å²) in [7, 11) is 0. The molecule has 1 heterocycles. The summed E-state index contributed by atoms with van der Waals surface area (Å²) in [6.07, 6.45) is 5.22. The minimum atomic E-state index is -0.262. The largest absolute Gasteiger partial charge is 0.293 e. The average molecular weight is 370 g/mol. The van der Waals surface area contributed by atoms with Gasteiger partial charge in [-0.1, -0.05) is 66.2 Å². The van der Waals surface area contributed by atoms with E-state index in [1.807, 2.05) is 55.5 Å². The Morgan fingerprint density at radius 1 is 1.08 bits per heavy atom. The summed E-state index contributed by atoms with van der Waals surface area (Å²) in [4.78, 5) is 26.4. The maximum atomic E-state index is 12.5. The Bertz CT molecular complexity index is 889. The summed E-state index contributed by atoms with van der Waals surface area (Å²) in [6.45, 7) is 2.26. The van der Waals surface area contributed by atoms with Gasteiger partial charge in [0.2, 0.25) is 0 Å². The molecule has 0 saturated carbocycles. The van der Waals surface area contributed by atoms with Crippen molar-refractivity contribution in [1.82, 2.24) is 4.90 Å². The van der Waals surface area contributed by atoms with E-state index in [4.69, 9.17) is 11.6 Å². The minimum Gasteiger partial charge on any atom is -0.268 e. The Morgan fingerprint density at radius 3 is 2.56 bits per heavy atom. The Kier molecular flexibility index (Phi) is 5.41. The number of benzene rings is 2. The first kappa shape index (κ1) is 17.5. The van der Waals surface area contributed by atoms with Crippen LogP contribution in [0.25, 0.3) is 6.08 Å². The molecule has 3 nitrogen and oxygen atoms in total. The molecule has 0 aromatic heterocycles. The van der Waals surface area contributed by atoms with Crippen LogP contribution < -0.4 is 0 Å². The minimum absolute atomic E-state index is 0.245. The fourth-order valence-electron chi connectivity index (χ4n) is 2.46. The Balaban J connectivity index is 1.75. The second kappa shape index (κ2) is 7.72. The fraction of sp³-hybridized carbons (Fsp3) is 0.100. The lowest BCUT2D eigenvalue weighted by atomic mass is 10.1. The summed E-state index contributed by atoms with van der Waals surface area (Å²) < 4.78 is 0. The number of rotatable bonds is 4. The van der Waals surface area contributed by atoms with Crippen molar-refractivity contribution < 1.29 is 9.59 Å². The van der Waals surface area contributed by atoms with Gasteiger partial charge in [-0.2, -0.15) is 0 Å². The zero-order chi connectivity index (χ0) is 17.8. The topological polar surface area (TPSA) is 37.4 Å². The Labute approximate surface area is 156 Å². The molecule has 0 spiro atoms. The number of thioether (sulfide) groups is 1. The molecule has 2 aromatic carbocycles. The van der Waals surface area contributed by atoms with Crippen molar-refractivity contribution in [2.24, 2.45) is 0 Å². The van der Waals surface area contributed by atoms with E-state index in [0.717, 1.165) is 28.5 Å². The smallest absolute Gasteiger partial charge is 0.268 e. The molecule has 0 unspecified atom stereocenters. The van der Waals surface area contributed by atoms with Crippen molar-refractivity contribution in [3.63, 3.8) is 0 Å². The third kappa shape index (κ3) is 4.03. The molecule has 0 N–H and O–H groups in total. The van der Waals surface area contributed by atoms with Crippen LogP contribution in [0.4, 0.5) is 4.79 Å². The molecule has 0 aliphatic carbocycles. The average Bonchev–Trinajstić information content (AvgIpc) is 2.86. The molecule has 25 heavy (non-hydrogen) atoms. The van der Waals surface area contributed by atoms with Gasteiger partial charge in [-0.3, -0.25) is 14.5 Å². The molecule has 0 radical (unpaired) electrons. The van der Waals surface area contributed by atoms with Crippen molar-refractivity contribution in [3.05, 3.63) is 87.3 Å². The number of halogens is 1. The zero-order valence-corrected chi connectivity index (χ0v) is 15.2. The molecule has 1 aliphatic heterocycles. The number of nitrogens with zero attached hydrogens (tertiary/aromatic N) is 1. The monoisotopic (exact) mass is 369 g/mol. The molecule has 126 valence electrons. The predicted molar refractivity (Wildman–Crippen MR) is 103 cm³/mol. The van der Waals surface area contributed by atoms with Gasteiger partial charge in [-0.05, 0) is 47.5 Å². The number of carbonyl (C=O) groups excluding carboxylic acids is 2. The van der Waals surface area contributed by atoms with Crippen molar-refractivity contribution in [1.29, 1.82) is 0 Å². The van der Waals surface area contributed by atoms with Crippen LogP contribution in [0.15, 0.2) is 65.6 Å². The first-order chi connectivity index (χ1) is 12.1. The first-order valence-electron chi connectivity index (χ1n) is 7.77. The van der Waals surface area contributed by atoms with Gasteiger partial charge in [0.1, 0.15) is 0 Å². The van der Waals surface area contributed by atoms with E-state index >= 15 is 0 Å². The fourth-order valence-corrected chi connectivity index (χ4v) is 3.45. The highest BCUT2D eigenvalue weighted by Crippen LogP contribution is 2.32. The number of imide groups is 1. The molecular formula is C20H16ClNO2S. The number of carbonyl (C=O) groups is 2. The molecule has 5 heteroatoms. The second-order valence-electron chi connectivity index (χ2n) is 5.60. The van der Waals surface area contributed by atoms with Crippen LogP contribution in [0.1, 0.15) is 16.7 Å². The lowest BCUT2D eigenvalue weighted by Crippen LogP contribution is -2.27. The van der Waals surface area contributed by atoms with Crippen LogP contribution in [0.5, 0.6) is 0 Å². The van der Waals surface area contributed by atoms with Crippen LogP contribution in [0.3, 0.4) is 0 Å². The van der Waals surface area contributed by atoms with E-state index < -0.39 is 0 Å². The van der Waals surface area contributed by atoms with Crippen molar-refractivity contribution >= 4 is 40.6 Å². The van der Waals surface area contributed by atoms with Gasteiger partial charge in [0, 0.05) is 5.02 Å². The Hall–Kier alpha value is -2.30. The quantitative estimate of drug-likeness (QED) is 0.673. The maximum Gasteiger partial charge on any atom is 0.293 e. The number of hydrogen-bond acceptors (Lipinski definition) is 3. The first-order valence-corrected chi connectivity index (χ1v) is 8.97. The van der Waals surface area contributed by atoms with Crippen LogP contribution >= 0.6 is 23.4 Å². The van der Waals surface area contributed by atoms with E-state index in [0.29, 0.717) is 16.5 Å². The van der Waals surface area contributed by atoms with Gasteiger partial charge in [0.15, 0.2) is 0 Å². The van der Waals surface area contributed by atoms with E-state index in [1.165, 1.54) is 4.90 Å². The molecule has 2 aromatic rings. The van der Waals surface area contributed by atoms with E-state index in [1.54, 1.807) is 18.2 Å². The standard InChI is InChI=1S/C20H16ClNO2S/c1-14-7-2-3-9-16(14)13-22-19(23)18(25-20(22)24)12-6-10-15-8-4-5-11-17(15)21/h2-12H,13H2,1H3/b10-6+,18-12-. The van der Waals surface area contributed by atoms with Crippen molar-refractivity contribution in [3.8, 4) is 0 Å². The SMILES string of the molecule is Cc1ccccc1CN1C(=O)S/C(=C\C=C\c2ccccc2Cl)C1=O. The number of hydrogen-bond donors (Lipinski definition) is 0. The number of aryl methyl sites for hydroxylation is 1. The van der Waals surface area contributed by atoms with Crippen LogP contribution in [0, 0.1) is 6.92 Å². The predicted octanol–water partition coefficient (Wildman–Crippen LogP) is 5.44. The lowest BCUT2D eigenvalue weighted by Gasteiger charge is -2.14.